The van der Waals surface area contributed by atoms with E-state index in [9.17, 15) is 13.2 Å². The van der Waals surface area contributed by atoms with Gasteiger partial charge >= 0.3 is 0 Å². The molecular formula is C22H18BrCl2N3O4S. The van der Waals surface area contributed by atoms with Gasteiger partial charge < -0.3 is 4.74 Å². The standard InChI is InChI=1S/C22H18BrCl2N3O4S/c1-32-21-10-5-16(23)11-15(21)13-26-27-22(29)14-28(19-4-2-3-18(25)12-19)33(30,31)20-8-6-17(24)7-9-20/h2-13H,14H2,1H3,(H,27,29)/b26-13-. The Hall–Kier alpha value is -2.59. The van der Waals surface area contributed by atoms with E-state index in [4.69, 9.17) is 27.9 Å². The van der Waals surface area contributed by atoms with Crippen molar-refractivity contribution in [1.82, 2.24) is 5.43 Å². The van der Waals surface area contributed by atoms with Crippen LogP contribution in [-0.2, 0) is 14.8 Å². The smallest absolute Gasteiger partial charge is 0.264 e. The number of hydrazone groups is 1. The lowest BCUT2D eigenvalue weighted by molar-refractivity contribution is -0.119. The SMILES string of the molecule is COc1ccc(Br)cc1/C=N\NC(=O)CN(c1cccc(Cl)c1)S(=O)(=O)c1ccc(Cl)cc1. The zero-order chi connectivity index (χ0) is 24.0. The van der Waals surface area contributed by atoms with Crippen molar-refractivity contribution in [2.75, 3.05) is 18.0 Å². The van der Waals surface area contributed by atoms with Crippen molar-refractivity contribution in [3.8, 4) is 5.75 Å². The Balaban J connectivity index is 1.85. The van der Waals surface area contributed by atoms with Crippen LogP contribution in [0.1, 0.15) is 5.56 Å². The number of benzene rings is 3. The number of anilines is 1. The van der Waals surface area contributed by atoms with Gasteiger partial charge in [0.05, 0.1) is 23.9 Å². The van der Waals surface area contributed by atoms with Crippen molar-refractivity contribution < 1.29 is 17.9 Å². The van der Waals surface area contributed by atoms with E-state index in [2.05, 4.69) is 26.5 Å². The average Bonchev–Trinajstić information content (AvgIpc) is 2.78. The van der Waals surface area contributed by atoms with E-state index in [-0.39, 0.29) is 10.6 Å². The van der Waals surface area contributed by atoms with E-state index in [0.29, 0.717) is 21.4 Å². The summed E-state index contributed by atoms with van der Waals surface area (Å²) >= 11 is 15.3. The predicted molar refractivity (Wildman–Crippen MR) is 134 cm³/mol. The Bertz CT molecular complexity index is 1290. The Morgan fingerprint density at radius 2 is 1.82 bits per heavy atom. The van der Waals surface area contributed by atoms with Gasteiger partial charge in [-0.15, -0.1) is 0 Å². The van der Waals surface area contributed by atoms with Crippen LogP contribution >= 0.6 is 39.1 Å². The first-order chi connectivity index (χ1) is 15.7. The first-order valence-electron chi connectivity index (χ1n) is 9.40. The van der Waals surface area contributed by atoms with Crippen LogP contribution in [0.5, 0.6) is 5.75 Å². The molecule has 1 N–H and O–H groups in total. The average molecular weight is 571 g/mol. The van der Waals surface area contributed by atoms with Gasteiger partial charge in [-0.3, -0.25) is 9.10 Å². The van der Waals surface area contributed by atoms with Crippen molar-refractivity contribution in [1.29, 1.82) is 0 Å². The Morgan fingerprint density at radius 3 is 2.48 bits per heavy atom. The molecule has 0 saturated heterocycles. The van der Waals surface area contributed by atoms with Crippen LogP contribution in [0.15, 0.2) is 81.2 Å². The fourth-order valence-electron chi connectivity index (χ4n) is 2.83. The maximum absolute atomic E-state index is 13.3. The molecule has 0 radical (unpaired) electrons. The fraction of sp³-hybridized carbons (Fsp3) is 0.0909. The Kier molecular flexibility index (Phi) is 8.36. The molecular weight excluding hydrogens is 553 g/mol. The van der Waals surface area contributed by atoms with Gasteiger partial charge in [0.2, 0.25) is 0 Å². The van der Waals surface area contributed by atoms with Crippen molar-refractivity contribution in [3.05, 3.63) is 86.8 Å². The number of hydrogen-bond acceptors (Lipinski definition) is 5. The summed E-state index contributed by atoms with van der Waals surface area (Å²) in [5.41, 5.74) is 3.19. The zero-order valence-corrected chi connectivity index (χ0v) is 21.1. The molecule has 11 heteroatoms. The van der Waals surface area contributed by atoms with Crippen LogP contribution in [0.4, 0.5) is 5.69 Å². The summed E-state index contributed by atoms with van der Waals surface area (Å²) in [5.74, 6) is -0.0974. The molecule has 0 aliphatic carbocycles. The molecule has 0 saturated carbocycles. The number of nitrogens with zero attached hydrogens (tertiary/aromatic N) is 2. The number of ether oxygens (including phenoxy) is 1. The molecule has 0 spiro atoms. The molecule has 1 amide bonds. The summed E-state index contributed by atoms with van der Waals surface area (Å²) in [5, 5.41) is 4.64. The third-order valence-corrected chi connectivity index (χ3v) is 7.14. The van der Waals surface area contributed by atoms with E-state index in [1.165, 1.54) is 43.7 Å². The Morgan fingerprint density at radius 1 is 1.09 bits per heavy atom. The molecule has 0 atom stereocenters. The van der Waals surface area contributed by atoms with Gasteiger partial charge in [0.1, 0.15) is 12.3 Å². The number of carbonyl (C=O) groups excluding carboxylic acids is 1. The highest BCUT2D eigenvalue weighted by atomic mass is 79.9. The topological polar surface area (TPSA) is 88.1 Å². The van der Waals surface area contributed by atoms with Gasteiger partial charge in [0, 0.05) is 20.1 Å². The van der Waals surface area contributed by atoms with Gasteiger partial charge in [-0.25, -0.2) is 13.8 Å². The first kappa shape index (κ1) is 25.0. The summed E-state index contributed by atoms with van der Waals surface area (Å²) in [6.45, 7) is -0.530. The van der Waals surface area contributed by atoms with Crippen LogP contribution in [0.3, 0.4) is 0 Å². The van der Waals surface area contributed by atoms with Crippen molar-refractivity contribution in [3.63, 3.8) is 0 Å². The number of carbonyl (C=O) groups is 1. The van der Waals surface area contributed by atoms with E-state index in [1.807, 2.05) is 0 Å². The van der Waals surface area contributed by atoms with Gasteiger partial charge in [-0.05, 0) is 60.7 Å². The highest BCUT2D eigenvalue weighted by molar-refractivity contribution is 9.10. The second-order valence-electron chi connectivity index (χ2n) is 6.62. The number of nitrogens with one attached hydrogen (secondary N) is 1. The first-order valence-corrected chi connectivity index (χ1v) is 12.4. The fourth-order valence-corrected chi connectivity index (χ4v) is 4.93. The lowest BCUT2D eigenvalue weighted by Crippen LogP contribution is -2.39. The zero-order valence-electron chi connectivity index (χ0n) is 17.2. The third-order valence-electron chi connectivity index (χ3n) is 4.37. The largest absolute Gasteiger partial charge is 0.496 e. The van der Waals surface area contributed by atoms with Gasteiger partial charge in [-0.2, -0.15) is 5.10 Å². The second kappa shape index (κ2) is 11.0. The van der Waals surface area contributed by atoms with Gasteiger partial charge in [0.25, 0.3) is 15.9 Å². The van der Waals surface area contributed by atoms with E-state index >= 15 is 0 Å². The highest BCUT2D eigenvalue weighted by Gasteiger charge is 2.27. The van der Waals surface area contributed by atoms with Gasteiger partial charge in [0.15, 0.2) is 0 Å². The van der Waals surface area contributed by atoms with Crippen LogP contribution in [0.25, 0.3) is 0 Å². The molecule has 3 aromatic rings. The van der Waals surface area contributed by atoms with E-state index in [1.54, 1.807) is 36.4 Å². The van der Waals surface area contributed by atoms with Crippen LogP contribution < -0.4 is 14.5 Å². The number of hydrogen-bond donors (Lipinski definition) is 1. The number of rotatable bonds is 8. The molecule has 33 heavy (non-hydrogen) atoms. The summed E-state index contributed by atoms with van der Waals surface area (Å²) in [7, 11) is -2.58. The molecule has 0 aliphatic heterocycles. The maximum atomic E-state index is 13.3. The van der Waals surface area contributed by atoms with E-state index in [0.717, 1.165) is 8.78 Å². The lowest BCUT2D eigenvalue weighted by atomic mass is 10.2. The van der Waals surface area contributed by atoms with Crippen LogP contribution in [0, 0.1) is 0 Å². The molecule has 0 aliphatic rings. The molecule has 3 rings (SSSR count). The van der Waals surface area contributed by atoms with Gasteiger partial charge in [-0.1, -0.05) is 45.2 Å². The number of sulfonamides is 1. The van der Waals surface area contributed by atoms with Crippen LogP contribution in [-0.4, -0.2) is 34.2 Å². The van der Waals surface area contributed by atoms with Crippen LogP contribution in [0.2, 0.25) is 10.0 Å². The monoisotopic (exact) mass is 569 g/mol. The molecule has 0 unspecified atom stereocenters. The molecule has 0 fully saturated rings. The minimum absolute atomic E-state index is 0.0259. The lowest BCUT2D eigenvalue weighted by Gasteiger charge is -2.23. The molecule has 7 nitrogen and oxygen atoms in total. The number of halogens is 3. The molecule has 0 aromatic heterocycles. The summed E-state index contributed by atoms with van der Waals surface area (Å²) in [6, 6.07) is 17.2. The molecule has 0 bridgehead atoms. The Labute approximate surface area is 210 Å². The predicted octanol–water partition coefficient (Wildman–Crippen LogP) is 5.11. The summed E-state index contributed by atoms with van der Waals surface area (Å²) < 4.78 is 33.6. The van der Waals surface area contributed by atoms with Crippen molar-refractivity contribution in [2.45, 2.75) is 4.90 Å². The summed E-state index contributed by atoms with van der Waals surface area (Å²) in [4.78, 5) is 12.6. The second-order valence-corrected chi connectivity index (χ2v) is 10.3. The quantitative estimate of drug-likeness (QED) is 0.301. The molecule has 172 valence electrons. The van der Waals surface area contributed by atoms with Crippen molar-refractivity contribution >= 4 is 67.0 Å². The minimum Gasteiger partial charge on any atom is -0.496 e. The minimum atomic E-state index is -4.10. The normalized spacial score (nSPS) is 11.4. The highest BCUT2D eigenvalue weighted by Crippen LogP contribution is 2.27. The van der Waals surface area contributed by atoms with E-state index < -0.39 is 22.5 Å². The number of amides is 1. The molecule has 0 heterocycles. The maximum Gasteiger partial charge on any atom is 0.264 e. The third kappa shape index (κ3) is 6.48. The molecule has 3 aromatic carbocycles. The number of methoxy groups -OCH3 is 1. The summed E-state index contributed by atoms with van der Waals surface area (Å²) in [6.07, 6.45) is 1.40. The van der Waals surface area contributed by atoms with Crippen molar-refractivity contribution in [2.24, 2.45) is 5.10 Å².